The van der Waals surface area contributed by atoms with Crippen LogP contribution in [0.3, 0.4) is 0 Å². The molecule has 0 saturated carbocycles. The van der Waals surface area contributed by atoms with Gasteiger partial charge in [-0.1, -0.05) is 11.6 Å². The van der Waals surface area contributed by atoms with Gasteiger partial charge in [-0.15, -0.1) is 0 Å². The van der Waals surface area contributed by atoms with Crippen molar-refractivity contribution in [3.63, 3.8) is 0 Å². The van der Waals surface area contributed by atoms with Crippen LogP contribution in [0.1, 0.15) is 17.2 Å². The van der Waals surface area contributed by atoms with E-state index < -0.39 is 23.9 Å². The van der Waals surface area contributed by atoms with Crippen molar-refractivity contribution < 1.29 is 23.4 Å². The Morgan fingerprint density at radius 3 is 2.44 bits per heavy atom. The normalized spacial score (nSPS) is 15.5. The number of likely N-dealkylation sites (N-methyl/N-ethyl adjacent to an activating group) is 1. The van der Waals surface area contributed by atoms with Crippen molar-refractivity contribution in [2.75, 3.05) is 13.6 Å². The number of aliphatic hydroxyl groups is 2. The van der Waals surface area contributed by atoms with Crippen LogP contribution in [0.4, 0.5) is 13.2 Å². The summed E-state index contributed by atoms with van der Waals surface area (Å²) < 4.78 is 37.5. The lowest BCUT2D eigenvalue weighted by atomic mass is 10.0. The predicted octanol–water partition coefficient (Wildman–Crippen LogP) is 1.97. The average Bonchev–Trinajstić information content (AvgIpc) is 2.27. The highest BCUT2D eigenvalue weighted by Gasteiger charge is 2.32. The van der Waals surface area contributed by atoms with Gasteiger partial charge in [0.15, 0.2) is 0 Å². The Balaban J connectivity index is 3.08. The van der Waals surface area contributed by atoms with Gasteiger partial charge in [0.1, 0.15) is 6.10 Å². The first-order valence-electron chi connectivity index (χ1n) is 5.14. The first-order valence-corrected chi connectivity index (χ1v) is 5.52. The van der Waals surface area contributed by atoms with Gasteiger partial charge >= 0.3 is 6.18 Å². The molecule has 102 valence electrons. The Morgan fingerprint density at radius 2 is 1.94 bits per heavy atom. The molecule has 3 nitrogen and oxygen atoms in total. The molecule has 1 aromatic carbocycles. The summed E-state index contributed by atoms with van der Waals surface area (Å²) in [5, 5.41) is 21.9. The van der Waals surface area contributed by atoms with Crippen molar-refractivity contribution in [1.82, 2.24) is 5.32 Å². The molecule has 18 heavy (non-hydrogen) atoms. The third-order valence-corrected chi connectivity index (χ3v) is 2.76. The van der Waals surface area contributed by atoms with Gasteiger partial charge < -0.3 is 15.5 Å². The maximum absolute atomic E-state index is 12.5. The molecule has 0 radical (unpaired) electrons. The van der Waals surface area contributed by atoms with Gasteiger partial charge in [0.05, 0.1) is 11.7 Å². The SMILES string of the molecule is CNCC(O)C(O)c1cc(C(F)(F)F)ccc1Cl. The van der Waals surface area contributed by atoms with Gasteiger partial charge in [0.2, 0.25) is 0 Å². The van der Waals surface area contributed by atoms with E-state index in [2.05, 4.69) is 5.32 Å². The molecule has 7 heteroatoms. The molecule has 2 atom stereocenters. The zero-order valence-corrected chi connectivity index (χ0v) is 10.3. The Kier molecular flexibility index (Phi) is 4.98. The summed E-state index contributed by atoms with van der Waals surface area (Å²) >= 11 is 5.73. The number of alkyl halides is 3. The lowest BCUT2D eigenvalue weighted by Gasteiger charge is -2.20. The number of halogens is 4. The molecule has 0 aliphatic rings. The quantitative estimate of drug-likeness (QED) is 0.792. The number of rotatable bonds is 4. The summed E-state index contributed by atoms with van der Waals surface area (Å²) in [4.78, 5) is 0. The van der Waals surface area contributed by atoms with Gasteiger partial charge in [-0.25, -0.2) is 0 Å². The highest BCUT2D eigenvalue weighted by Crippen LogP contribution is 2.34. The predicted molar refractivity (Wildman–Crippen MR) is 61.3 cm³/mol. The molecule has 0 saturated heterocycles. The first kappa shape index (κ1) is 15.2. The highest BCUT2D eigenvalue weighted by molar-refractivity contribution is 6.31. The maximum atomic E-state index is 12.5. The zero-order valence-electron chi connectivity index (χ0n) is 9.50. The topological polar surface area (TPSA) is 52.5 Å². The van der Waals surface area contributed by atoms with Gasteiger partial charge in [-0.05, 0) is 25.2 Å². The van der Waals surface area contributed by atoms with E-state index in [1.165, 1.54) is 0 Å². The highest BCUT2D eigenvalue weighted by atomic mass is 35.5. The number of hydrogen-bond acceptors (Lipinski definition) is 3. The van der Waals surface area contributed by atoms with Crippen LogP contribution in [-0.2, 0) is 6.18 Å². The van der Waals surface area contributed by atoms with Crippen molar-refractivity contribution in [3.8, 4) is 0 Å². The minimum absolute atomic E-state index is 0.0225. The van der Waals surface area contributed by atoms with Crippen molar-refractivity contribution in [3.05, 3.63) is 34.3 Å². The lowest BCUT2D eigenvalue weighted by molar-refractivity contribution is -0.137. The third-order valence-electron chi connectivity index (χ3n) is 2.42. The summed E-state index contributed by atoms with van der Waals surface area (Å²) in [6, 6.07) is 2.61. The Bertz CT molecular complexity index is 412. The van der Waals surface area contributed by atoms with Crippen LogP contribution < -0.4 is 5.32 Å². The van der Waals surface area contributed by atoms with E-state index >= 15 is 0 Å². The maximum Gasteiger partial charge on any atom is 0.416 e. The van der Waals surface area contributed by atoms with Crippen LogP contribution in [-0.4, -0.2) is 29.9 Å². The number of hydrogen-bond donors (Lipinski definition) is 3. The standard InChI is InChI=1S/C11H13ClF3NO2/c1-16-5-9(17)10(18)7-4-6(11(13,14)15)2-3-8(7)12/h2-4,9-10,16-18H,5H2,1H3. The second kappa shape index (κ2) is 5.88. The second-order valence-corrected chi connectivity index (χ2v) is 4.21. The molecule has 1 aromatic rings. The average molecular weight is 284 g/mol. The van der Waals surface area contributed by atoms with Crippen molar-refractivity contribution in [2.45, 2.75) is 18.4 Å². The molecule has 0 heterocycles. The fourth-order valence-electron chi connectivity index (χ4n) is 1.47. The number of aliphatic hydroxyl groups excluding tert-OH is 2. The van der Waals surface area contributed by atoms with Crippen LogP contribution in [0.5, 0.6) is 0 Å². The summed E-state index contributed by atoms with van der Waals surface area (Å²) in [6.45, 7) is 0.0355. The van der Waals surface area contributed by atoms with Crippen LogP contribution in [0, 0.1) is 0 Å². The second-order valence-electron chi connectivity index (χ2n) is 3.80. The Labute approximate surface area is 107 Å². The molecule has 1 rings (SSSR count). The van der Waals surface area contributed by atoms with E-state index in [-0.39, 0.29) is 17.1 Å². The molecule has 2 unspecified atom stereocenters. The van der Waals surface area contributed by atoms with Crippen molar-refractivity contribution >= 4 is 11.6 Å². The summed E-state index contributed by atoms with van der Waals surface area (Å²) in [5.74, 6) is 0. The largest absolute Gasteiger partial charge is 0.416 e. The summed E-state index contributed by atoms with van der Waals surface area (Å²) in [6.07, 6.45) is -7.24. The van der Waals surface area contributed by atoms with E-state index in [0.29, 0.717) is 0 Å². The fraction of sp³-hybridized carbons (Fsp3) is 0.455. The van der Waals surface area contributed by atoms with E-state index in [1.54, 1.807) is 7.05 Å². The van der Waals surface area contributed by atoms with E-state index in [9.17, 15) is 23.4 Å². The van der Waals surface area contributed by atoms with E-state index in [0.717, 1.165) is 18.2 Å². The van der Waals surface area contributed by atoms with Crippen LogP contribution in [0.15, 0.2) is 18.2 Å². The molecule has 0 bridgehead atoms. The molecular formula is C11H13ClF3NO2. The number of benzene rings is 1. The monoisotopic (exact) mass is 283 g/mol. The van der Waals surface area contributed by atoms with E-state index in [1.807, 2.05) is 0 Å². The summed E-state index contributed by atoms with van der Waals surface area (Å²) in [5.41, 5.74) is -1.06. The smallest absolute Gasteiger partial charge is 0.389 e. The minimum Gasteiger partial charge on any atom is -0.389 e. The Morgan fingerprint density at radius 1 is 1.33 bits per heavy atom. The third kappa shape index (κ3) is 3.58. The van der Waals surface area contributed by atoms with Crippen molar-refractivity contribution in [2.24, 2.45) is 0 Å². The lowest BCUT2D eigenvalue weighted by Crippen LogP contribution is -2.29. The van der Waals surface area contributed by atoms with Crippen LogP contribution in [0.2, 0.25) is 5.02 Å². The fourth-order valence-corrected chi connectivity index (χ4v) is 1.70. The molecule has 0 aliphatic carbocycles. The van der Waals surface area contributed by atoms with E-state index in [4.69, 9.17) is 11.6 Å². The van der Waals surface area contributed by atoms with Gasteiger partial charge in [-0.2, -0.15) is 13.2 Å². The molecule has 0 aliphatic heterocycles. The zero-order chi connectivity index (χ0) is 13.9. The van der Waals surface area contributed by atoms with Crippen LogP contribution >= 0.6 is 11.6 Å². The van der Waals surface area contributed by atoms with Crippen LogP contribution in [0.25, 0.3) is 0 Å². The molecule has 3 N–H and O–H groups in total. The Hall–Kier alpha value is -0.820. The van der Waals surface area contributed by atoms with Gasteiger partial charge in [0.25, 0.3) is 0 Å². The molecule has 0 spiro atoms. The molecule has 0 fully saturated rings. The van der Waals surface area contributed by atoms with Gasteiger partial charge in [0, 0.05) is 17.1 Å². The summed E-state index contributed by atoms with van der Waals surface area (Å²) in [7, 11) is 1.55. The molecular weight excluding hydrogens is 271 g/mol. The van der Waals surface area contributed by atoms with Crippen molar-refractivity contribution in [1.29, 1.82) is 0 Å². The molecule has 0 amide bonds. The number of nitrogens with one attached hydrogen (secondary N) is 1. The van der Waals surface area contributed by atoms with Gasteiger partial charge in [-0.3, -0.25) is 0 Å². The minimum atomic E-state index is -4.52. The first-order chi connectivity index (χ1) is 8.27. The molecule has 0 aromatic heterocycles.